The lowest BCUT2D eigenvalue weighted by atomic mass is 10.0. The predicted molar refractivity (Wildman–Crippen MR) is 85.2 cm³/mol. The van der Waals surface area contributed by atoms with Gasteiger partial charge in [0.05, 0.1) is 18.0 Å². The van der Waals surface area contributed by atoms with E-state index >= 15 is 0 Å². The number of nitriles is 1. The average Bonchev–Trinajstić information content (AvgIpc) is 2.93. The molecule has 24 heavy (non-hydrogen) atoms. The van der Waals surface area contributed by atoms with Crippen LogP contribution in [-0.2, 0) is 9.59 Å². The summed E-state index contributed by atoms with van der Waals surface area (Å²) < 4.78 is 27.9. The first-order chi connectivity index (χ1) is 11.4. The lowest BCUT2D eigenvalue weighted by Gasteiger charge is -2.19. The number of carbonyl (C=O) groups is 2. The number of thiophene rings is 1. The summed E-state index contributed by atoms with van der Waals surface area (Å²) in [4.78, 5) is 23.5. The van der Waals surface area contributed by atoms with Gasteiger partial charge in [0.2, 0.25) is 11.8 Å². The first-order valence-corrected chi connectivity index (χ1v) is 7.78. The van der Waals surface area contributed by atoms with Gasteiger partial charge in [-0.15, -0.1) is 11.3 Å². The molecular weight excluding hydrogens is 336 g/mol. The molecule has 2 N–H and O–H groups in total. The second kappa shape index (κ2) is 7.66. The fourth-order valence-corrected chi connectivity index (χ4v) is 2.93. The van der Waals surface area contributed by atoms with Crippen LogP contribution < -0.4 is 10.6 Å². The quantitative estimate of drug-likeness (QED) is 0.870. The molecule has 1 heterocycles. The predicted octanol–water partition coefficient (Wildman–Crippen LogP) is 3.10. The molecule has 2 rings (SSSR count). The normalized spacial score (nSPS) is 11.4. The van der Waals surface area contributed by atoms with E-state index in [0.717, 1.165) is 23.5 Å². The Bertz CT molecular complexity index is 794. The van der Waals surface area contributed by atoms with Crippen molar-refractivity contribution < 1.29 is 18.4 Å². The van der Waals surface area contributed by atoms with Crippen molar-refractivity contribution in [3.63, 3.8) is 0 Å². The molecule has 5 nitrogen and oxygen atoms in total. The van der Waals surface area contributed by atoms with Gasteiger partial charge in [0.1, 0.15) is 22.7 Å². The Balaban J connectivity index is 2.22. The highest BCUT2D eigenvalue weighted by molar-refractivity contribution is 7.14. The van der Waals surface area contributed by atoms with Crippen LogP contribution in [0, 0.1) is 23.0 Å². The SMILES string of the molecule is CC(=O)N[C@H](CC(=O)Nc1sccc1C#N)c1c(F)cccc1F. The van der Waals surface area contributed by atoms with Gasteiger partial charge < -0.3 is 10.6 Å². The molecule has 0 saturated carbocycles. The maximum Gasteiger partial charge on any atom is 0.227 e. The average molecular weight is 349 g/mol. The number of rotatable bonds is 5. The van der Waals surface area contributed by atoms with E-state index in [0.29, 0.717) is 10.6 Å². The highest BCUT2D eigenvalue weighted by atomic mass is 32.1. The topological polar surface area (TPSA) is 82.0 Å². The zero-order chi connectivity index (χ0) is 17.7. The van der Waals surface area contributed by atoms with E-state index in [4.69, 9.17) is 5.26 Å². The Hall–Kier alpha value is -2.79. The largest absolute Gasteiger partial charge is 0.349 e. The monoisotopic (exact) mass is 349 g/mol. The molecule has 2 aromatic rings. The molecule has 0 bridgehead atoms. The fraction of sp³-hybridized carbons (Fsp3) is 0.188. The van der Waals surface area contributed by atoms with Crippen LogP contribution in [0.3, 0.4) is 0 Å². The third-order valence-corrected chi connectivity index (χ3v) is 3.98. The summed E-state index contributed by atoms with van der Waals surface area (Å²) in [5.74, 6) is -2.80. The van der Waals surface area contributed by atoms with Crippen LogP contribution in [-0.4, -0.2) is 11.8 Å². The Morgan fingerprint density at radius 2 is 1.96 bits per heavy atom. The first-order valence-electron chi connectivity index (χ1n) is 6.90. The fourth-order valence-electron chi connectivity index (χ4n) is 2.17. The number of anilines is 1. The van der Waals surface area contributed by atoms with Crippen molar-refractivity contribution in [2.24, 2.45) is 0 Å². The highest BCUT2D eigenvalue weighted by Crippen LogP contribution is 2.26. The van der Waals surface area contributed by atoms with Gasteiger partial charge in [-0.05, 0) is 23.6 Å². The van der Waals surface area contributed by atoms with Crippen LogP contribution in [0.15, 0.2) is 29.6 Å². The van der Waals surface area contributed by atoms with Crippen molar-refractivity contribution in [2.75, 3.05) is 5.32 Å². The second-order valence-electron chi connectivity index (χ2n) is 4.92. The zero-order valence-electron chi connectivity index (χ0n) is 12.6. The molecule has 8 heteroatoms. The molecule has 0 unspecified atom stereocenters. The van der Waals surface area contributed by atoms with Crippen LogP contribution in [0.5, 0.6) is 0 Å². The number of carbonyl (C=O) groups excluding carboxylic acids is 2. The lowest BCUT2D eigenvalue weighted by molar-refractivity contribution is -0.120. The molecule has 0 fully saturated rings. The van der Waals surface area contributed by atoms with E-state index in [1.54, 1.807) is 11.4 Å². The lowest BCUT2D eigenvalue weighted by Crippen LogP contribution is -2.31. The standard InChI is InChI=1S/C16H13F2N3O2S/c1-9(22)20-13(15-11(17)3-2-4-12(15)18)7-14(23)21-16-10(8-19)5-6-24-16/h2-6,13H,7H2,1H3,(H,20,22)(H,21,23)/t13-/m1/s1. The maximum absolute atomic E-state index is 13.9. The van der Waals surface area contributed by atoms with E-state index in [-0.39, 0.29) is 12.0 Å². The van der Waals surface area contributed by atoms with E-state index in [1.807, 2.05) is 6.07 Å². The molecule has 0 spiro atoms. The van der Waals surface area contributed by atoms with E-state index in [2.05, 4.69) is 10.6 Å². The molecule has 0 radical (unpaired) electrons. The molecule has 2 amide bonds. The van der Waals surface area contributed by atoms with Crippen LogP contribution in [0.1, 0.15) is 30.5 Å². The zero-order valence-corrected chi connectivity index (χ0v) is 13.4. The Morgan fingerprint density at radius 3 is 2.54 bits per heavy atom. The third kappa shape index (κ3) is 4.14. The summed E-state index contributed by atoms with van der Waals surface area (Å²) in [5, 5.41) is 15.8. The van der Waals surface area contributed by atoms with Gasteiger partial charge in [0.15, 0.2) is 0 Å². The Kier molecular flexibility index (Phi) is 5.60. The first kappa shape index (κ1) is 17.6. The summed E-state index contributed by atoms with van der Waals surface area (Å²) >= 11 is 1.16. The summed E-state index contributed by atoms with van der Waals surface area (Å²) in [6.45, 7) is 1.19. The third-order valence-electron chi connectivity index (χ3n) is 3.15. The minimum atomic E-state index is -1.16. The molecule has 0 aliphatic rings. The van der Waals surface area contributed by atoms with Crippen molar-refractivity contribution in [3.8, 4) is 6.07 Å². The summed E-state index contributed by atoms with van der Waals surface area (Å²) in [7, 11) is 0. The molecular formula is C16H13F2N3O2S. The number of nitrogens with one attached hydrogen (secondary N) is 2. The van der Waals surface area contributed by atoms with Gasteiger partial charge in [-0.1, -0.05) is 6.07 Å². The number of hydrogen-bond acceptors (Lipinski definition) is 4. The maximum atomic E-state index is 13.9. The molecule has 124 valence electrons. The van der Waals surface area contributed by atoms with Crippen LogP contribution in [0.4, 0.5) is 13.8 Å². The van der Waals surface area contributed by atoms with Crippen LogP contribution in [0.2, 0.25) is 0 Å². The van der Waals surface area contributed by atoms with Crippen molar-refractivity contribution in [2.45, 2.75) is 19.4 Å². The number of hydrogen-bond donors (Lipinski definition) is 2. The van der Waals surface area contributed by atoms with Gasteiger partial charge in [-0.25, -0.2) is 8.78 Å². The van der Waals surface area contributed by atoms with Crippen LogP contribution >= 0.6 is 11.3 Å². The molecule has 0 aliphatic carbocycles. The smallest absolute Gasteiger partial charge is 0.227 e. The van der Waals surface area contributed by atoms with Gasteiger partial charge in [-0.2, -0.15) is 5.26 Å². The van der Waals surface area contributed by atoms with E-state index in [9.17, 15) is 18.4 Å². The second-order valence-corrected chi connectivity index (χ2v) is 5.83. The minimum absolute atomic E-state index is 0.293. The van der Waals surface area contributed by atoms with Gasteiger partial charge >= 0.3 is 0 Å². The summed E-state index contributed by atoms with van der Waals surface area (Å²) in [5.41, 5.74) is -0.0870. The minimum Gasteiger partial charge on any atom is -0.349 e. The summed E-state index contributed by atoms with van der Waals surface area (Å²) in [6.07, 6.45) is -0.375. The Labute approximate surface area is 140 Å². The van der Waals surface area contributed by atoms with E-state index in [1.165, 1.54) is 13.0 Å². The Morgan fingerprint density at radius 1 is 1.29 bits per heavy atom. The number of nitrogens with zero attached hydrogens (tertiary/aromatic N) is 1. The van der Waals surface area contributed by atoms with E-state index < -0.39 is 29.5 Å². The van der Waals surface area contributed by atoms with Gasteiger partial charge in [-0.3, -0.25) is 9.59 Å². The van der Waals surface area contributed by atoms with Crippen molar-refractivity contribution >= 4 is 28.2 Å². The van der Waals surface area contributed by atoms with Crippen molar-refractivity contribution in [1.29, 1.82) is 5.26 Å². The molecule has 1 aromatic heterocycles. The number of amides is 2. The summed E-state index contributed by atoms with van der Waals surface area (Å²) in [6, 6.07) is 5.61. The molecule has 0 saturated heterocycles. The molecule has 0 aliphatic heterocycles. The number of halogens is 2. The van der Waals surface area contributed by atoms with Gasteiger partial charge in [0.25, 0.3) is 0 Å². The highest BCUT2D eigenvalue weighted by Gasteiger charge is 2.24. The number of benzene rings is 1. The van der Waals surface area contributed by atoms with Gasteiger partial charge in [0, 0.05) is 12.5 Å². The molecule has 1 atom stereocenters. The van der Waals surface area contributed by atoms with Crippen molar-refractivity contribution in [1.82, 2.24) is 5.32 Å². The molecule has 1 aromatic carbocycles. The van der Waals surface area contributed by atoms with Crippen molar-refractivity contribution in [3.05, 3.63) is 52.4 Å². The van der Waals surface area contributed by atoms with Crippen LogP contribution in [0.25, 0.3) is 0 Å².